The Morgan fingerprint density at radius 3 is 2.94 bits per heavy atom. The van der Waals surface area contributed by atoms with E-state index in [-0.39, 0.29) is 6.61 Å². The van der Waals surface area contributed by atoms with Crippen LogP contribution in [0.2, 0.25) is 0 Å². The first-order valence-electron chi connectivity index (χ1n) is 6.07. The van der Waals surface area contributed by atoms with Crippen LogP contribution in [0.3, 0.4) is 0 Å². The smallest absolute Gasteiger partial charge is 0.0964 e. The van der Waals surface area contributed by atoms with Crippen LogP contribution in [0.1, 0.15) is 18.5 Å². The van der Waals surface area contributed by atoms with Crippen LogP contribution in [0.4, 0.5) is 0 Å². The molecule has 0 unspecified atom stereocenters. The lowest BCUT2D eigenvalue weighted by atomic mass is 10.4. The minimum Gasteiger partial charge on any atom is -0.396 e. The van der Waals surface area contributed by atoms with Crippen LogP contribution in [-0.4, -0.2) is 58.8 Å². The highest BCUT2D eigenvalue weighted by molar-refractivity contribution is 4.91. The summed E-state index contributed by atoms with van der Waals surface area (Å²) >= 11 is 0. The van der Waals surface area contributed by atoms with Gasteiger partial charge in [0.15, 0.2) is 0 Å². The fourth-order valence-corrected chi connectivity index (χ4v) is 1.50. The maximum atomic E-state index is 8.70. The van der Waals surface area contributed by atoms with E-state index in [1.54, 1.807) is 4.68 Å². The molecule has 1 aromatic heterocycles. The van der Waals surface area contributed by atoms with Gasteiger partial charge in [-0.1, -0.05) is 5.21 Å². The summed E-state index contributed by atoms with van der Waals surface area (Å²) in [7, 11) is 4.15. The Balaban J connectivity index is 2.12. The number of nitrogens with one attached hydrogen (secondary N) is 1. The number of aryl methyl sites for hydroxylation is 1. The van der Waals surface area contributed by atoms with Crippen molar-refractivity contribution in [3.63, 3.8) is 0 Å². The molecule has 6 heteroatoms. The normalized spacial score (nSPS) is 11.3. The molecule has 0 atom stereocenters. The van der Waals surface area contributed by atoms with Crippen LogP contribution in [-0.2, 0) is 13.1 Å². The topological polar surface area (TPSA) is 66.2 Å². The SMILES string of the molecule is CN(C)CCCNCc1cn(CCCO)nn1. The fraction of sp³-hybridized carbons (Fsp3) is 0.818. The summed E-state index contributed by atoms with van der Waals surface area (Å²) in [5, 5.41) is 20.1. The van der Waals surface area contributed by atoms with Gasteiger partial charge in [-0.3, -0.25) is 4.68 Å². The third-order valence-electron chi connectivity index (χ3n) is 2.40. The molecule has 0 aliphatic carbocycles. The fourth-order valence-electron chi connectivity index (χ4n) is 1.50. The van der Waals surface area contributed by atoms with Crippen molar-refractivity contribution in [2.24, 2.45) is 0 Å². The number of aliphatic hydroxyl groups is 1. The molecule has 0 aliphatic heterocycles. The molecule has 0 saturated heterocycles. The summed E-state index contributed by atoms with van der Waals surface area (Å²) < 4.78 is 1.77. The molecule has 0 bridgehead atoms. The summed E-state index contributed by atoms with van der Waals surface area (Å²) in [6.07, 6.45) is 3.78. The van der Waals surface area contributed by atoms with E-state index in [0.717, 1.165) is 44.7 Å². The van der Waals surface area contributed by atoms with E-state index in [1.807, 2.05) is 6.20 Å². The Morgan fingerprint density at radius 1 is 1.41 bits per heavy atom. The number of hydrogen-bond donors (Lipinski definition) is 2. The molecule has 17 heavy (non-hydrogen) atoms. The zero-order valence-corrected chi connectivity index (χ0v) is 10.8. The lowest BCUT2D eigenvalue weighted by Crippen LogP contribution is -2.21. The van der Waals surface area contributed by atoms with Crippen molar-refractivity contribution < 1.29 is 5.11 Å². The molecule has 0 radical (unpaired) electrons. The molecule has 1 rings (SSSR count). The Hall–Kier alpha value is -0.980. The Morgan fingerprint density at radius 2 is 2.24 bits per heavy atom. The van der Waals surface area contributed by atoms with Gasteiger partial charge >= 0.3 is 0 Å². The second-order valence-corrected chi connectivity index (χ2v) is 4.38. The standard InChI is InChI=1S/C11H23N5O/c1-15(2)6-3-5-12-9-11-10-16(14-13-11)7-4-8-17/h10,12,17H,3-9H2,1-2H3. The molecule has 6 nitrogen and oxygen atoms in total. The maximum Gasteiger partial charge on any atom is 0.0964 e. The average molecular weight is 241 g/mol. The highest BCUT2D eigenvalue weighted by Crippen LogP contribution is 1.94. The van der Waals surface area contributed by atoms with Gasteiger partial charge in [-0.2, -0.15) is 0 Å². The van der Waals surface area contributed by atoms with E-state index in [0.29, 0.717) is 0 Å². The summed E-state index contributed by atoms with van der Waals surface area (Å²) in [5.41, 5.74) is 0.952. The first-order chi connectivity index (χ1) is 8.22. The van der Waals surface area contributed by atoms with E-state index in [1.165, 1.54) is 0 Å². The summed E-state index contributed by atoms with van der Waals surface area (Å²) in [5.74, 6) is 0. The quantitative estimate of drug-likeness (QED) is 0.581. The van der Waals surface area contributed by atoms with E-state index in [2.05, 4.69) is 34.6 Å². The highest BCUT2D eigenvalue weighted by Gasteiger charge is 1.99. The predicted molar refractivity (Wildman–Crippen MR) is 66.6 cm³/mol. The van der Waals surface area contributed by atoms with Gasteiger partial charge in [-0.15, -0.1) is 5.10 Å². The molecule has 0 fully saturated rings. The molecule has 98 valence electrons. The van der Waals surface area contributed by atoms with Gasteiger partial charge < -0.3 is 15.3 Å². The van der Waals surface area contributed by atoms with Gasteiger partial charge in [0.2, 0.25) is 0 Å². The predicted octanol–water partition coefficient (Wildman–Crippen LogP) is -0.298. The van der Waals surface area contributed by atoms with Gasteiger partial charge in [-0.25, -0.2) is 0 Å². The van der Waals surface area contributed by atoms with Crippen molar-refractivity contribution in [2.45, 2.75) is 25.9 Å². The number of aromatic nitrogens is 3. The van der Waals surface area contributed by atoms with E-state index < -0.39 is 0 Å². The monoisotopic (exact) mass is 241 g/mol. The van der Waals surface area contributed by atoms with Gasteiger partial charge in [0.25, 0.3) is 0 Å². The Kier molecular flexibility index (Phi) is 6.76. The van der Waals surface area contributed by atoms with Crippen molar-refractivity contribution in [3.05, 3.63) is 11.9 Å². The van der Waals surface area contributed by atoms with Crippen molar-refractivity contribution in [1.29, 1.82) is 0 Å². The van der Waals surface area contributed by atoms with Crippen LogP contribution in [0.15, 0.2) is 6.20 Å². The molecular weight excluding hydrogens is 218 g/mol. The minimum absolute atomic E-state index is 0.192. The second kappa shape index (κ2) is 8.16. The van der Waals surface area contributed by atoms with Crippen LogP contribution >= 0.6 is 0 Å². The van der Waals surface area contributed by atoms with Crippen molar-refractivity contribution in [2.75, 3.05) is 33.8 Å². The second-order valence-electron chi connectivity index (χ2n) is 4.38. The number of rotatable bonds is 9. The molecule has 1 aromatic rings. The number of aliphatic hydroxyl groups excluding tert-OH is 1. The lowest BCUT2D eigenvalue weighted by Gasteiger charge is -2.08. The zero-order chi connectivity index (χ0) is 12.5. The summed E-state index contributed by atoms with van der Waals surface area (Å²) in [4.78, 5) is 2.17. The van der Waals surface area contributed by atoms with Gasteiger partial charge in [0.05, 0.1) is 5.69 Å². The van der Waals surface area contributed by atoms with Gasteiger partial charge in [0.1, 0.15) is 0 Å². The first kappa shape index (κ1) is 14.1. The third kappa shape index (κ3) is 6.35. The third-order valence-corrected chi connectivity index (χ3v) is 2.40. The molecule has 2 N–H and O–H groups in total. The van der Waals surface area contributed by atoms with E-state index in [4.69, 9.17) is 5.11 Å². The van der Waals surface area contributed by atoms with Crippen LogP contribution < -0.4 is 5.32 Å². The Labute approximate surface area is 103 Å². The molecule has 1 heterocycles. The molecule has 0 amide bonds. The largest absolute Gasteiger partial charge is 0.396 e. The Bertz CT molecular complexity index is 300. The number of nitrogens with zero attached hydrogens (tertiary/aromatic N) is 4. The van der Waals surface area contributed by atoms with Crippen molar-refractivity contribution >= 4 is 0 Å². The summed E-state index contributed by atoms with van der Waals surface area (Å²) in [6, 6.07) is 0. The van der Waals surface area contributed by atoms with Crippen LogP contribution in [0.5, 0.6) is 0 Å². The van der Waals surface area contributed by atoms with E-state index >= 15 is 0 Å². The first-order valence-corrected chi connectivity index (χ1v) is 6.07. The van der Waals surface area contributed by atoms with Gasteiger partial charge in [-0.05, 0) is 40.0 Å². The molecule has 0 spiro atoms. The molecule has 0 saturated carbocycles. The average Bonchev–Trinajstić information content (AvgIpc) is 2.73. The lowest BCUT2D eigenvalue weighted by molar-refractivity contribution is 0.276. The van der Waals surface area contributed by atoms with Crippen LogP contribution in [0, 0.1) is 0 Å². The van der Waals surface area contributed by atoms with E-state index in [9.17, 15) is 0 Å². The number of hydrogen-bond acceptors (Lipinski definition) is 5. The van der Waals surface area contributed by atoms with Crippen molar-refractivity contribution in [3.8, 4) is 0 Å². The zero-order valence-electron chi connectivity index (χ0n) is 10.8. The molecule has 0 aromatic carbocycles. The van der Waals surface area contributed by atoms with Crippen LogP contribution in [0.25, 0.3) is 0 Å². The molecule has 0 aliphatic rings. The molecular formula is C11H23N5O. The summed E-state index contributed by atoms with van der Waals surface area (Å²) in [6.45, 7) is 3.76. The highest BCUT2D eigenvalue weighted by atomic mass is 16.3. The maximum absolute atomic E-state index is 8.70. The van der Waals surface area contributed by atoms with Gasteiger partial charge in [0, 0.05) is 25.9 Å². The minimum atomic E-state index is 0.192. The van der Waals surface area contributed by atoms with Crippen molar-refractivity contribution in [1.82, 2.24) is 25.2 Å².